The summed E-state index contributed by atoms with van der Waals surface area (Å²) in [7, 11) is 2.25. The van der Waals surface area contributed by atoms with E-state index in [9.17, 15) is 0 Å². The van der Waals surface area contributed by atoms with Gasteiger partial charge in [-0.2, -0.15) is 0 Å². The highest BCUT2D eigenvalue weighted by molar-refractivity contribution is 7.09. The Labute approximate surface area is 141 Å². The molecule has 1 aliphatic heterocycles. The van der Waals surface area contributed by atoms with Crippen LogP contribution in [-0.4, -0.2) is 46.0 Å². The molecule has 6 heteroatoms. The Hall–Kier alpha value is -1.53. The molecule has 2 aromatic heterocycles. The molecule has 5 nitrogen and oxygen atoms in total. The summed E-state index contributed by atoms with van der Waals surface area (Å²) in [6, 6.07) is 2.67. The van der Waals surface area contributed by atoms with E-state index >= 15 is 0 Å². The number of nitrogens with zero attached hydrogens (tertiary/aromatic N) is 5. The van der Waals surface area contributed by atoms with Gasteiger partial charge in [-0.15, -0.1) is 11.3 Å². The maximum Gasteiger partial charge on any atom is 0.225 e. The highest BCUT2D eigenvalue weighted by Gasteiger charge is 2.56. The standard InChI is InChI=1S/C17H23N5S/c1-13-3-6-19-16(20-13)22-8-4-17(5-9-22)11-14(17)21(2)12-15-18-7-10-23-15/h3,6-7,10,14H,4-5,8-9,11-12H2,1-2H3/t14-/m0/s1. The molecule has 2 aromatic rings. The van der Waals surface area contributed by atoms with E-state index in [1.165, 1.54) is 24.3 Å². The van der Waals surface area contributed by atoms with Crippen molar-refractivity contribution in [3.8, 4) is 0 Å². The number of anilines is 1. The number of hydrogen-bond donors (Lipinski definition) is 0. The van der Waals surface area contributed by atoms with Crippen LogP contribution in [0.15, 0.2) is 23.8 Å². The van der Waals surface area contributed by atoms with Crippen LogP contribution in [0.5, 0.6) is 0 Å². The van der Waals surface area contributed by atoms with Gasteiger partial charge in [0.05, 0.1) is 6.54 Å². The van der Waals surface area contributed by atoms with Crippen LogP contribution in [-0.2, 0) is 6.54 Å². The van der Waals surface area contributed by atoms with Crippen LogP contribution < -0.4 is 4.90 Å². The quantitative estimate of drug-likeness (QED) is 0.863. The third-order valence-electron chi connectivity index (χ3n) is 5.37. The van der Waals surface area contributed by atoms with Crippen molar-refractivity contribution in [3.05, 3.63) is 34.5 Å². The lowest BCUT2D eigenvalue weighted by Crippen LogP contribution is -2.38. The molecular formula is C17H23N5S. The van der Waals surface area contributed by atoms with Crippen LogP contribution in [0.1, 0.15) is 30.0 Å². The third-order valence-corrected chi connectivity index (χ3v) is 6.14. The van der Waals surface area contributed by atoms with Gasteiger partial charge in [0, 0.05) is 42.6 Å². The number of aromatic nitrogens is 3. The van der Waals surface area contributed by atoms with Gasteiger partial charge in [0.25, 0.3) is 0 Å². The zero-order valence-corrected chi connectivity index (χ0v) is 14.6. The van der Waals surface area contributed by atoms with Crippen molar-refractivity contribution in [3.63, 3.8) is 0 Å². The summed E-state index contributed by atoms with van der Waals surface area (Å²) < 4.78 is 0. The molecule has 0 aromatic carbocycles. The van der Waals surface area contributed by atoms with Crippen molar-refractivity contribution in [2.24, 2.45) is 5.41 Å². The molecule has 4 rings (SSSR count). The molecule has 0 N–H and O–H groups in total. The Morgan fingerprint density at radius 2 is 2.13 bits per heavy atom. The minimum atomic E-state index is 0.520. The predicted octanol–water partition coefficient (Wildman–Crippen LogP) is 2.73. The lowest BCUT2D eigenvalue weighted by atomic mass is 9.92. The number of thiazole rings is 1. The molecule has 1 saturated carbocycles. The van der Waals surface area contributed by atoms with E-state index in [1.807, 2.05) is 25.4 Å². The lowest BCUT2D eigenvalue weighted by molar-refractivity contribution is 0.238. The average molecular weight is 329 g/mol. The molecule has 0 unspecified atom stereocenters. The fourth-order valence-electron chi connectivity index (χ4n) is 3.88. The summed E-state index contributed by atoms with van der Waals surface area (Å²) >= 11 is 1.75. The summed E-state index contributed by atoms with van der Waals surface area (Å²) in [5.74, 6) is 0.896. The lowest BCUT2D eigenvalue weighted by Gasteiger charge is -2.34. The van der Waals surface area contributed by atoms with E-state index < -0.39 is 0 Å². The predicted molar refractivity (Wildman–Crippen MR) is 92.6 cm³/mol. The van der Waals surface area contributed by atoms with Gasteiger partial charge in [-0.05, 0) is 44.7 Å². The summed E-state index contributed by atoms with van der Waals surface area (Å²) in [5, 5.41) is 3.28. The number of hydrogen-bond acceptors (Lipinski definition) is 6. The van der Waals surface area contributed by atoms with Crippen molar-refractivity contribution in [1.82, 2.24) is 19.9 Å². The van der Waals surface area contributed by atoms with E-state index in [-0.39, 0.29) is 0 Å². The van der Waals surface area contributed by atoms with Crippen molar-refractivity contribution in [1.29, 1.82) is 0 Å². The SMILES string of the molecule is Cc1ccnc(N2CCC3(CC2)C[C@@H]3N(C)Cc2nccs2)n1. The first-order chi connectivity index (χ1) is 11.2. The highest BCUT2D eigenvalue weighted by atomic mass is 32.1. The largest absolute Gasteiger partial charge is 0.341 e. The second-order valence-corrected chi connectivity index (χ2v) is 7.89. The fraction of sp³-hybridized carbons (Fsp3) is 0.588. The maximum atomic E-state index is 4.57. The topological polar surface area (TPSA) is 45.2 Å². The summed E-state index contributed by atoms with van der Waals surface area (Å²) in [6.07, 6.45) is 7.59. The van der Waals surface area contributed by atoms with E-state index in [1.54, 1.807) is 11.3 Å². The van der Waals surface area contributed by atoms with Crippen LogP contribution >= 0.6 is 11.3 Å². The Balaban J connectivity index is 1.35. The van der Waals surface area contributed by atoms with Crippen LogP contribution in [0.2, 0.25) is 0 Å². The monoisotopic (exact) mass is 329 g/mol. The van der Waals surface area contributed by atoms with Crippen molar-refractivity contribution in [2.75, 3.05) is 25.0 Å². The third kappa shape index (κ3) is 2.97. The highest BCUT2D eigenvalue weighted by Crippen LogP contribution is 2.56. The molecule has 1 aliphatic carbocycles. The molecular weight excluding hydrogens is 306 g/mol. The molecule has 23 heavy (non-hydrogen) atoms. The Morgan fingerprint density at radius 1 is 1.30 bits per heavy atom. The Bertz CT molecular complexity index is 663. The van der Waals surface area contributed by atoms with Gasteiger partial charge in [0.2, 0.25) is 5.95 Å². The summed E-state index contributed by atoms with van der Waals surface area (Å²) in [5.41, 5.74) is 1.56. The normalized spacial score (nSPS) is 22.7. The minimum Gasteiger partial charge on any atom is -0.341 e. The Kier molecular flexibility index (Phi) is 3.81. The van der Waals surface area contributed by atoms with Crippen LogP contribution in [0, 0.1) is 12.3 Å². The van der Waals surface area contributed by atoms with Crippen molar-refractivity contribution < 1.29 is 0 Å². The zero-order chi connectivity index (χ0) is 15.9. The van der Waals surface area contributed by atoms with Crippen LogP contribution in [0.25, 0.3) is 0 Å². The summed E-state index contributed by atoms with van der Waals surface area (Å²) in [4.78, 5) is 18.3. The Morgan fingerprint density at radius 3 is 2.83 bits per heavy atom. The number of rotatable bonds is 4. The van der Waals surface area contributed by atoms with Gasteiger partial charge in [-0.3, -0.25) is 4.90 Å². The molecule has 122 valence electrons. The fourth-order valence-corrected chi connectivity index (χ4v) is 4.56. The van der Waals surface area contributed by atoms with Crippen molar-refractivity contribution >= 4 is 17.3 Å². The van der Waals surface area contributed by atoms with Gasteiger partial charge in [0.15, 0.2) is 0 Å². The number of aryl methyl sites for hydroxylation is 1. The molecule has 0 radical (unpaired) electrons. The molecule has 0 amide bonds. The molecule has 1 spiro atoms. The smallest absolute Gasteiger partial charge is 0.225 e. The number of piperidine rings is 1. The minimum absolute atomic E-state index is 0.520. The van der Waals surface area contributed by atoms with Gasteiger partial charge >= 0.3 is 0 Å². The molecule has 1 atom stereocenters. The molecule has 2 aliphatic rings. The molecule has 2 fully saturated rings. The van der Waals surface area contributed by atoms with E-state index in [2.05, 4.69) is 37.2 Å². The molecule has 0 bridgehead atoms. The van der Waals surface area contributed by atoms with Crippen LogP contribution in [0.3, 0.4) is 0 Å². The van der Waals surface area contributed by atoms with Crippen molar-refractivity contribution in [2.45, 2.75) is 38.8 Å². The average Bonchev–Trinajstić information content (AvgIpc) is 3.00. The second-order valence-electron chi connectivity index (χ2n) is 6.91. The maximum absolute atomic E-state index is 4.57. The first kappa shape index (κ1) is 15.0. The van der Waals surface area contributed by atoms with Gasteiger partial charge < -0.3 is 4.90 Å². The zero-order valence-electron chi connectivity index (χ0n) is 13.8. The summed E-state index contributed by atoms with van der Waals surface area (Å²) in [6.45, 7) is 5.16. The first-order valence-corrected chi connectivity index (χ1v) is 9.17. The molecule has 3 heterocycles. The van der Waals surface area contributed by atoms with E-state index in [0.29, 0.717) is 11.5 Å². The van der Waals surface area contributed by atoms with E-state index in [4.69, 9.17) is 0 Å². The first-order valence-electron chi connectivity index (χ1n) is 8.29. The van der Waals surface area contributed by atoms with Crippen LogP contribution in [0.4, 0.5) is 5.95 Å². The van der Waals surface area contributed by atoms with Gasteiger partial charge in [-0.25, -0.2) is 15.0 Å². The van der Waals surface area contributed by atoms with E-state index in [0.717, 1.165) is 31.3 Å². The van der Waals surface area contributed by atoms with Gasteiger partial charge in [0.1, 0.15) is 5.01 Å². The van der Waals surface area contributed by atoms with Gasteiger partial charge in [-0.1, -0.05) is 0 Å². The second kappa shape index (κ2) is 5.83. The molecule has 1 saturated heterocycles.